The zero-order valence-electron chi connectivity index (χ0n) is 26.9. The van der Waals surface area contributed by atoms with E-state index in [9.17, 15) is 0 Å². The van der Waals surface area contributed by atoms with Crippen LogP contribution in [0.3, 0.4) is 0 Å². The van der Waals surface area contributed by atoms with Gasteiger partial charge in [0, 0.05) is 31.3 Å². The fourth-order valence-corrected chi connectivity index (χ4v) is 8.99. The number of hydrogen-bond acceptors (Lipinski definition) is 2. The van der Waals surface area contributed by atoms with Crippen LogP contribution in [-0.4, -0.2) is 4.98 Å². The molecule has 1 nitrogen and oxygen atoms in total. The zero-order chi connectivity index (χ0) is 32.3. The first kappa shape index (κ1) is 28.2. The molecule has 0 spiro atoms. The van der Waals surface area contributed by atoms with Gasteiger partial charge in [-0.05, 0) is 98.1 Å². The van der Waals surface area contributed by atoms with Gasteiger partial charge in [0.25, 0.3) is 0 Å². The van der Waals surface area contributed by atoms with Gasteiger partial charge in [-0.2, -0.15) is 0 Å². The van der Waals surface area contributed by atoms with Gasteiger partial charge in [-0.3, -0.25) is 0 Å². The molecule has 2 heteroatoms. The number of aryl methyl sites for hydroxylation is 1. The van der Waals surface area contributed by atoms with Crippen LogP contribution in [0.4, 0.5) is 0 Å². The van der Waals surface area contributed by atoms with Crippen molar-refractivity contribution in [3.8, 4) is 33.6 Å². The molecule has 1 aliphatic carbocycles. The van der Waals surface area contributed by atoms with Gasteiger partial charge in [0.05, 0.1) is 11.4 Å². The van der Waals surface area contributed by atoms with E-state index >= 15 is 0 Å². The van der Waals surface area contributed by atoms with Crippen molar-refractivity contribution in [3.05, 3.63) is 180 Å². The smallest absolute Gasteiger partial charge is 0.0715 e. The van der Waals surface area contributed by atoms with Gasteiger partial charge in [0.2, 0.25) is 0 Å². The van der Waals surface area contributed by atoms with Gasteiger partial charge in [0.15, 0.2) is 0 Å². The number of hydrogen-bond donors (Lipinski definition) is 0. The summed E-state index contributed by atoms with van der Waals surface area (Å²) in [6, 6.07) is 57.5. The maximum Gasteiger partial charge on any atom is 0.0715 e. The van der Waals surface area contributed by atoms with Crippen LogP contribution >= 0.6 is 11.3 Å². The Balaban J connectivity index is 1.18. The molecule has 0 saturated heterocycles. The summed E-state index contributed by atoms with van der Waals surface area (Å²) in [5, 5.41) is 7.98. The standard InChI is InChI=1S/C47H31NS/c1-3-12-30(13-4-1)43-27-34(28-44(48-43)31-14-5-2-6-15-31)32-22-25-41-42(26-32)37-17-8-7-16-36(37)40-20-11-19-35(47(40)41)33-23-24-39-38-18-9-10-21-45(38)49-46(39)29-33/h1-10,12-19,21-29H,11,20H2. The Bertz CT molecular complexity index is 2700. The maximum absolute atomic E-state index is 5.14. The highest BCUT2D eigenvalue weighted by Crippen LogP contribution is 2.45. The molecule has 0 unspecified atom stereocenters. The number of aromatic nitrogens is 1. The van der Waals surface area contributed by atoms with Crippen LogP contribution in [0.1, 0.15) is 23.1 Å². The van der Waals surface area contributed by atoms with E-state index in [4.69, 9.17) is 4.98 Å². The molecule has 2 heterocycles. The fraction of sp³-hybridized carbons (Fsp3) is 0.0426. The fourth-order valence-electron chi connectivity index (χ4n) is 7.84. The molecule has 1 aliphatic rings. The average molecular weight is 642 g/mol. The van der Waals surface area contributed by atoms with Crippen molar-refractivity contribution in [2.45, 2.75) is 12.8 Å². The van der Waals surface area contributed by atoms with Gasteiger partial charge >= 0.3 is 0 Å². The van der Waals surface area contributed by atoms with Crippen LogP contribution in [-0.2, 0) is 6.42 Å². The third kappa shape index (κ3) is 4.71. The largest absolute Gasteiger partial charge is 0.248 e. The number of allylic oxidation sites excluding steroid dienone is 1. The highest BCUT2D eigenvalue weighted by molar-refractivity contribution is 7.25. The Hall–Kier alpha value is -5.83. The van der Waals surface area contributed by atoms with E-state index in [1.807, 2.05) is 11.3 Å². The predicted molar refractivity (Wildman–Crippen MR) is 210 cm³/mol. The van der Waals surface area contributed by atoms with Crippen LogP contribution in [0.2, 0.25) is 0 Å². The molecule has 49 heavy (non-hydrogen) atoms. The first-order valence-corrected chi connectivity index (χ1v) is 17.8. The minimum Gasteiger partial charge on any atom is -0.248 e. The molecule has 9 aromatic rings. The average Bonchev–Trinajstić information content (AvgIpc) is 3.56. The lowest BCUT2D eigenvalue weighted by Gasteiger charge is -2.24. The van der Waals surface area contributed by atoms with E-state index in [2.05, 4.69) is 164 Å². The third-order valence-electron chi connectivity index (χ3n) is 10.1. The number of rotatable bonds is 4. The van der Waals surface area contributed by atoms with Crippen LogP contribution in [0.15, 0.2) is 164 Å². The van der Waals surface area contributed by atoms with Gasteiger partial charge < -0.3 is 0 Å². The molecule has 0 aliphatic heterocycles. The quantitative estimate of drug-likeness (QED) is 0.174. The molecule has 0 atom stereocenters. The minimum atomic E-state index is 0.981. The maximum atomic E-state index is 5.14. The number of fused-ring (bicyclic) bond motifs is 9. The van der Waals surface area contributed by atoms with Crippen LogP contribution < -0.4 is 0 Å². The summed E-state index contributed by atoms with van der Waals surface area (Å²) in [4.78, 5) is 5.14. The Labute approximate surface area is 289 Å². The summed E-state index contributed by atoms with van der Waals surface area (Å²) in [6.07, 6.45) is 4.56. The van der Waals surface area contributed by atoms with Gasteiger partial charge in [-0.1, -0.05) is 133 Å². The predicted octanol–water partition coefficient (Wildman–Crippen LogP) is 13.1. The van der Waals surface area contributed by atoms with E-state index in [0.717, 1.165) is 35.4 Å². The second kappa shape index (κ2) is 11.4. The molecule has 7 aromatic carbocycles. The van der Waals surface area contributed by atoms with Crippen molar-refractivity contribution in [1.29, 1.82) is 0 Å². The Kier molecular flexibility index (Phi) is 6.56. The topological polar surface area (TPSA) is 12.9 Å². The SMILES string of the molecule is C1=C(c2ccc3c(c2)sc2ccccc23)c2c(c3ccccc3c3cc(-c4cc(-c5ccccc5)nc(-c5ccccc5)c4)ccc23)CC1. The summed E-state index contributed by atoms with van der Waals surface area (Å²) in [5.74, 6) is 0. The highest BCUT2D eigenvalue weighted by Gasteiger charge is 2.22. The lowest BCUT2D eigenvalue weighted by molar-refractivity contribution is 0.993. The van der Waals surface area contributed by atoms with Crippen molar-refractivity contribution in [3.63, 3.8) is 0 Å². The van der Waals surface area contributed by atoms with Gasteiger partial charge in [0.1, 0.15) is 0 Å². The summed E-state index contributed by atoms with van der Waals surface area (Å²) >= 11 is 1.89. The molecule has 0 saturated carbocycles. The Morgan fingerprint density at radius 2 is 1.02 bits per heavy atom. The monoisotopic (exact) mass is 641 g/mol. The molecule has 10 rings (SSSR count). The van der Waals surface area contributed by atoms with E-state index in [0.29, 0.717) is 0 Å². The van der Waals surface area contributed by atoms with E-state index in [-0.39, 0.29) is 0 Å². The lowest BCUT2D eigenvalue weighted by Crippen LogP contribution is -2.04. The van der Waals surface area contributed by atoms with Crippen LogP contribution in [0.25, 0.3) is 80.9 Å². The molecule has 230 valence electrons. The second-order valence-corrected chi connectivity index (χ2v) is 14.1. The molecule has 0 bridgehead atoms. The lowest BCUT2D eigenvalue weighted by atomic mass is 9.80. The van der Waals surface area contributed by atoms with E-state index < -0.39 is 0 Å². The summed E-state index contributed by atoms with van der Waals surface area (Å²) in [5.41, 5.74) is 12.1. The number of pyridine rings is 1. The van der Waals surface area contributed by atoms with Crippen LogP contribution in [0.5, 0.6) is 0 Å². The molecule has 0 N–H and O–H groups in total. The van der Waals surface area contributed by atoms with Gasteiger partial charge in [-0.15, -0.1) is 11.3 Å². The zero-order valence-corrected chi connectivity index (χ0v) is 27.7. The first-order valence-electron chi connectivity index (χ1n) is 17.0. The number of nitrogens with zero attached hydrogens (tertiary/aromatic N) is 1. The first-order chi connectivity index (χ1) is 24.3. The van der Waals surface area contributed by atoms with Crippen molar-refractivity contribution in [2.75, 3.05) is 0 Å². The van der Waals surface area contributed by atoms with Crippen molar-refractivity contribution < 1.29 is 0 Å². The number of benzene rings is 7. The van der Waals surface area contributed by atoms with Crippen molar-refractivity contribution in [2.24, 2.45) is 0 Å². The highest BCUT2D eigenvalue weighted by atomic mass is 32.1. The number of thiophene rings is 1. The van der Waals surface area contributed by atoms with E-state index in [1.54, 1.807) is 0 Å². The second-order valence-electron chi connectivity index (χ2n) is 13.0. The normalized spacial score (nSPS) is 12.9. The molecule has 2 aromatic heterocycles. The molecule has 0 radical (unpaired) electrons. The summed E-state index contributed by atoms with van der Waals surface area (Å²) in [7, 11) is 0. The molecular weight excluding hydrogens is 611 g/mol. The third-order valence-corrected chi connectivity index (χ3v) is 11.3. The molecule has 0 amide bonds. The minimum absolute atomic E-state index is 0.981. The molecular formula is C47H31NS. The summed E-state index contributed by atoms with van der Waals surface area (Å²) < 4.78 is 2.69. The Morgan fingerprint density at radius 3 is 1.78 bits per heavy atom. The van der Waals surface area contributed by atoms with Crippen molar-refractivity contribution in [1.82, 2.24) is 4.98 Å². The van der Waals surface area contributed by atoms with Gasteiger partial charge in [-0.25, -0.2) is 4.98 Å². The summed E-state index contributed by atoms with van der Waals surface area (Å²) in [6.45, 7) is 0. The Morgan fingerprint density at radius 1 is 0.408 bits per heavy atom. The van der Waals surface area contributed by atoms with E-state index in [1.165, 1.54) is 75.1 Å². The van der Waals surface area contributed by atoms with Crippen LogP contribution in [0, 0.1) is 0 Å². The van der Waals surface area contributed by atoms with Crippen molar-refractivity contribution >= 4 is 58.6 Å². The molecule has 0 fully saturated rings.